The molecule has 1 aromatic carbocycles. The highest BCUT2D eigenvalue weighted by Crippen LogP contribution is 2.19. The summed E-state index contributed by atoms with van der Waals surface area (Å²) in [5.41, 5.74) is 7.23. The number of carbonyl (C=O) groups is 2. The summed E-state index contributed by atoms with van der Waals surface area (Å²) in [7, 11) is 3.50. The molecule has 114 valence electrons. The van der Waals surface area contributed by atoms with E-state index < -0.39 is 0 Å². The molecule has 1 fully saturated rings. The van der Waals surface area contributed by atoms with Crippen LogP contribution in [0.2, 0.25) is 0 Å². The summed E-state index contributed by atoms with van der Waals surface area (Å²) in [5, 5.41) is 0. The van der Waals surface area contributed by atoms with Gasteiger partial charge in [0.05, 0.1) is 0 Å². The van der Waals surface area contributed by atoms with Gasteiger partial charge in [-0.25, -0.2) is 0 Å². The van der Waals surface area contributed by atoms with Crippen molar-refractivity contribution in [3.63, 3.8) is 0 Å². The topological polar surface area (TPSA) is 66.6 Å². The number of hydrogen-bond donors (Lipinski definition) is 1. The van der Waals surface area contributed by atoms with Gasteiger partial charge >= 0.3 is 0 Å². The Bertz CT molecular complexity index is 503. The molecule has 0 saturated carbocycles. The van der Waals surface area contributed by atoms with Gasteiger partial charge in [0.15, 0.2) is 0 Å². The van der Waals surface area contributed by atoms with Gasteiger partial charge in [0.1, 0.15) is 0 Å². The molecule has 2 amide bonds. The fraction of sp³-hybridized carbons (Fsp3) is 0.500. The molecule has 5 heteroatoms. The molecule has 1 aliphatic rings. The van der Waals surface area contributed by atoms with Gasteiger partial charge < -0.3 is 10.6 Å². The molecule has 0 bridgehead atoms. The van der Waals surface area contributed by atoms with E-state index in [1.165, 1.54) is 5.56 Å². The van der Waals surface area contributed by atoms with Crippen molar-refractivity contribution in [1.82, 2.24) is 9.80 Å². The van der Waals surface area contributed by atoms with Crippen molar-refractivity contribution < 1.29 is 9.59 Å². The fourth-order valence-corrected chi connectivity index (χ4v) is 2.64. The zero-order valence-electron chi connectivity index (χ0n) is 12.7. The van der Waals surface area contributed by atoms with Crippen molar-refractivity contribution in [1.29, 1.82) is 0 Å². The SMILES string of the molecule is CN(C)C(=O)c1ccc(CN2CCC(C(N)=O)CC2)cc1. The fourth-order valence-electron chi connectivity index (χ4n) is 2.64. The normalized spacial score (nSPS) is 16.7. The van der Waals surface area contributed by atoms with Gasteiger partial charge in [-0.3, -0.25) is 14.5 Å². The first kappa shape index (κ1) is 15.5. The molecule has 0 radical (unpaired) electrons. The number of nitrogens with two attached hydrogens (primary N) is 1. The minimum atomic E-state index is -0.179. The second-order valence-corrected chi connectivity index (χ2v) is 5.85. The molecule has 1 heterocycles. The van der Waals surface area contributed by atoms with Crippen LogP contribution in [0.3, 0.4) is 0 Å². The van der Waals surface area contributed by atoms with Gasteiger partial charge in [-0.05, 0) is 43.6 Å². The van der Waals surface area contributed by atoms with Crippen LogP contribution in [0.4, 0.5) is 0 Å². The third kappa shape index (κ3) is 4.04. The highest BCUT2D eigenvalue weighted by atomic mass is 16.2. The monoisotopic (exact) mass is 289 g/mol. The van der Waals surface area contributed by atoms with Gasteiger partial charge in [0.25, 0.3) is 5.91 Å². The van der Waals surface area contributed by atoms with Crippen LogP contribution in [0, 0.1) is 5.92 Å². The summed E-state index contributed by atoms with van der Waals surface area (Å²) in [6.45, 7) is 2.64. The molecule has 1 aromatic rings. The van der Waals surface area contributed by atoms with E-state index in [-0.39, 0.29) is 17.7 Å². The summed E-state index contributed by atoms with van der Waals surface area (Å²) in [6.07, 6.45) is 1.68. The molecule has 0 atom stereocenters. The highest BCUT2D eigenvalue weighted by molar-refractivity contribution is 5.93. The van der Waals surface area contributed by atoms with Gasteiger partial charge in [-0.2, -0.15) is 0 Å². The minimum Gasteiger partial charge on any atom is -0.369 e. The molecule has 1 aliphatic heterocycles. The van der Waals surface area contributed by atoms with Gasteiger partial charge in [0, 0.05) is 32.1 Å². The molecule has 0 aliphatic carbocycles. The van der Waals surface area contributed by atoms with Crippen molar-refractivity contribution >= 4 is 11.8 Å². The van der Waals surface area contributed by atoms with E-state index in [1.54, 1.807) is 19.0 Å². The Morgan fingerprint density at radius 3 is 2.24 bits per heavy atom. The Balaban J connectivity index is 1.90. The van der Waals surface area contributed by atoms with Crippen LogP contribution >= 0.6 is 0 Å². The van der Waals surface area contributed by atoms with E-state index >= 15 is 0 Å². The lowest BCUT2D eigenvalue weighted by atomic mass is 9.96. The van der Waals surface area contributed by atoms with Crippen LogP contribution < -0.4 is 5.73 Å². The zero-order chi connectivity index (χ0) is 15.4. The van der Waals surface area contributed by atoms with Crippen molar-refractivity contribution in [2.45, 2.75) is 19.4 Å². The summed E-state index contributed by atoms with van der Waals surface area (Å²) < 4.78 is 0. The summed E-state index contributed by atoms with van der Waals surface area (Å²) in [5.74, 6) is -0.133. The quantitative estimate of drug-likeness (QED) is 0.902. The van der Waals surface area contributed by atoms with Crippen molar-refractivity contribution in [3.05, 3.63) is 35.4 Å². The Morgan fingerprint density at radius 2 is 1.76 bits per heavy atom. The molecule has 21 heavy (non-hydrogen) atoms. The third-order valence-corrected chi connectivity index (χ3v) is 4.00. The predicted octanol–water partition coefficient (Wildman–Crippen LogP) is 1.09. The van der Waals surface area contributed by atoms with Crippen molar-refractivity contribution in [2.75, 3.05) is 27.2 Å². The van der Waals surface area contributed by atoms with E-state index in [1.807, 2.05) is 24.3 Å². The average Bonchev–Trinajstić information content (AvgIpc) is 2.47. The molecule has 0 unspecified atom stereocenters. The first-order chi connectivity index (χ1) is 9.97. The average molecular weight is 289 g/mol. The lowest BCUT2D eigenvalue weighted by molar-refractivity contribution is -0.123. The van der Waals surface area contributed by atoms with E-state index in [9.17, 15) is 9.59 Å². The Kier molecular flexibility index (Phi) is 4.96. The Morgan fingerprint density at radius 1 is 1.19 bits per heavy atom. The van der Waals surface area contributed by atoms with E-state index in [2.05, 4.69) is 4.90 Å². The maximum absolute atomic E-state index is 11.8. The first-order valence-electron chi connectivity index (χ1n) is 7.29. The number of amides is 2. The van der Waals surface area contributed by atoms with Crippen LogP contribution in [0.1, 0.15) is 28.8 Å². The summed E-state index contributed by atoms with van der Waals surface area (Å²) in [6, 6.07) is 7.73. The molecule has 2 N–H and O–H groups in total. The lowest BCUT2D eigenvalue weighted by Crippen LogP contribution is -2.38. The second kappa shape index (κ2) is 6.72. The van der Waals surface area contributed by atoms with Crippen LogP contribution in [0.25, 0.3) is 0 Å². The second-order valence-electron chi connectivity index (χ2n) is 5.85. The molecule has 0 spiro atoms. The van der Waals surface area contributed by atoms with Crippen LogP contribution in [0.5, 0.6) is 0 Å². The highest BCUT2D eigenvalue weighted by Gasteiger charge is 2.22. The van der Waals surface area contributed by atoms with Gasteiger partial charge in [0.2, 0.25) is 5.91 Å². The van der Waals surface area contributed by atoms with Crippen LogP contribution in [0.15, 0.2) is 24.3 Å². The molecular formula is C16H23N3O2. The van der Waals surface area contributed by atoms with E-state index in [4.69, 9.17) is 5.73 Å². The van der Waals surface area contributed by atoms with Crippen LogP contribution in [-0.4, -0.2) is 48.8 Å². The minimum absolute atomic E-state index is 0.0174. The molecule has 0 aromatic heterocycles. The zero-order valence-corrected chi connectivity index (χ0v) is 12.7. The predicted molar refractivity (Wildman–Crippen MR) is 81.7 cm³/mol. The number of nitrogens with zero attached hydrogens (tertiary/aromatic N) is 2. The largest absolute Gasteiger partial charge is 0.369 e. The lowest BCUT2D eigenvalue weighted by Gasteiger charge is -2.30. The number of primary amides is 1. The first-order valence-corrected chi connectivity index (χ1v) is 7.29. The molecule has 5 nitrogen and oxygen atoms in total. The van der Waals surface area contributed by atoms with E-state index in [0.717, 1.165) is 32.5 Å². The standard InChI is InChI=1S/C16H23N3O2/c1-18(2)16(21)14-5-3-12(4-6-14)11-19-9-7-13(8-10-19)15(17)20/h3-6,13H,7-11H2,1-2H3,(H2,17,20). The van der Waals surface area contributed by atoms with Gasteiger partial charge in [-0.15, -0.1) is 0 Å². The number of carbonyl (C=O) groups excluding carboxylic acids is 2. The maximum Gasteiger partial charge on any atom is 0.253 e. The Labute approximate surface area is 125 Å². The number of rotatable bonds is 4. The number of likely N-dealkylation sites (tertiary alicyclic amines) is 1. The Hall–Kier alpha value is -1.88. The third-order valence-electron chi connectivity index (χ3n) is 4.00. The number of benzene rings is 1. The molecule has 2 rings (SSSR count). The smallest absolute Gasteiger partial charge is 0.253 e. The molecular weight excluding hydrogens is 266 g/mol. The van der Waals surface area contributed by atoms with Crippen LogP contribution in [-0.2, 0) is 11.3 Å². The number of hydrogen-bond acceptors (Lipinski definition) is 3. The summed E-state index contributed by atoms with van der Waals surface area (Å²) in [4.78, 5) is 26.9. The summed E-state index contributed by atoms with van der Waals surface area (Å²) >= 11 is 0. The van der Waals surface area contributed by atoms with Crippen molar-refractivity contribution in [3.8, 4) is 0 Å². The number of piperidine rings is 1. The van der Waals surface area contributed by atoms with Crippen molar-refractivity contribution in [2.24, 2.45) is 11.7 Å². The molecule has 1 saturated heterocycles. The van der Waals surface area contributed by atoms with E-state index in [0.29, 0.717) is 5.56 Å². The maximum atomic E-state index is 11.8. The van der Waals surface area contributed by atoms with Gasteiger partial charge in [-0.1, -0.05) is 12.1 Å².